The second-order valence-corrected chi connectivity index (χ2v) is 10.7. The Kier molecular flexibility index (Phi) is 6.62. The number of Topliss-reactive ketones (excluding diaryl/α,β-unsaturated/α-hetero) is 1. The molecule has 10 heteroatoms. The number of pyridine rings is 3. The Labute approximate surface area is 229 Å². The molecule has 9 nitrogen and oxygen atoms in total. The zero-order chi connectivity index (χ0) is 26.9. The Morgan fingerprint density at radius 2 is 2.05 bits per heavy atom. The molecule has 196 valence electrons. The summed E-state index contributed by atoms with van der Waals surface area (Å²) in [4.78, 5) is 54.6. The summed E-state index contributed by atoms with van der Waals surface area (Å²) in [7, 11) is 0. The zero-order valence-corrected chi connectivity index (χ0v) is 21.9. The molecule has 2 aliphatic rings. The van der Waals surface area contributed by atoms with Crippen LogP contribution in [-0.2, 0) is 4.79 Å². The third-order valence-corrected chi connectivity index (χ3v) is 8.51. The molecule has 0 aromatic carbocycles. The molecule has 4 aromatic rings. The summed E-state index contributed by atoms with van der Waals surface area (Å²) in [6.45, 7) is 3.53. The monoisotopic (exact) mass is 538 g/mol. The van der Waals surface area contributed by atoms with Gasteiger partial charge in [0.2, 0.25) is 5.91 Å². The van der Waals surface area contributed by atoms with Crippen molar-refractivity contribution < 1.29 is 14.4 Å². The van der Waals surface area contributed by atoms with Gasteiger partial charge >= 0.3 is 6.03 Å². The number of nitrogens with zero attached hydrogens (tertiary/aromatic N) is 4. The van der Waals surface area contributed by atoms with E-state index in [1.165, 1.54) is 17.4 Å². The van der Waals surface area contributed by atoms with Gasteiger partial charge < -0.3 is 10.6 Å². The lowest BCUT2D eigenvalue weighted by Gasteiger charge is -2.28. The number of hydrogen-bond donors (Lipinski definition) is 2. The van der Waals surface area contributed by atoms with Gasteiger partial charge in [-0.15, -0.1) is 11.3 Å². The molecule has 1 aliphatic carbocycles. The number of carbonyl (C=O) groups excluding carboxylic acids is 3. The minimum atomic E-state index is -0.353. The number of rotatable bonds is 8. The van der Waals surface area contributed by atoms with Crippen LogP contribution in [0.3, 0.4) is 0 Å². The van der Waals surface area contributed by atoms with Crippen LogP contribution >= 0.6 is 11.3 Å². The van der Waals surface area contributed by atoms with E-state index in [0.29, 0.717) is 45.3 Å². The third-order valence-electron chi connectivity index (χ3n) is 7.37. The smallest absolute Gasteiger partial charge is 0.331 e. The maximum absolute atomic E-state index is 13.5. The maximum atomic E-state index is 13.5. The molecule has 6 rings (SSSR count). The molecule has 0 spiro atoms. The summed E-state index contributed by atoms with van der Waals surface area (Å²) in [6, 6.07) is 8.87. The predicted octanol–water partition coefficient (Wildman–Crippen LogP) is 5.87. The SMILES string of the molecule is C=CC(=O)N[C@H]1CCC[C@H]1CCC(=O)c1sc2nccc3c2c1NC(=O)N3c1ccnc(-c2cccnc2)c1. The molecule has 0 radical (unpaired) electrons. The van der Waals surface area contributed by atoms with E-state index < -0.39 is 0 Å². The maximum Gasteiger partial charge on any atom is 0.331 e. The number of aromatic nitrogens is 3. The van der Waals surface area contributed by atoms with Crippen molar-refractivity contribution >= 4 is 56.3 Å². The standard InChI is InChI=1S/C29H26N6O3S/c1-2-24(37)33-20-7-3-5-17(20)8-9-23(36)27-26-25-22(11-14-32-28(25)39-27)35(29(38)34-26)19-10-13-31-21(15-19)18-6-4-12-30-16-18/h2,4,6,10-17,20H,1,3,5,7-9H2,(H,33,37)(H,34,38)/t17-,20-/m0/s1. The molecule has 0 saturated heterocycles. The van der Waals surface area contributed by atoms with Gasteiger partial charge in [-0.25, -0.2) is 9.78 Å². The van der Waals surface area contributed by atoms with Crippen LogP contribution in [0.1, 0.15) is 41.8 Å². The van der Waals surface area contributed by atoms with Gasteiger partial charge in [0.15, 0.2) is 5.78 Å². The van der Waals surface area contributed by atoms with Crippen LogP contribution in [0.25, 0.3) is 21.5 Å². The lowest BCUT2D eigenvalue weighted by Crippen LogP contribution is -2.36. The lowest BCUT2D eigenvalue weighted by atomic mass is 9.95. The van der Waals surface area contributed by atoms with Crippen LogP contribution < -0.4 is 15.5 Å². The first-order valence-electron chi connectivity index (χ1n) is 12.9. The topological polar surface area (TPSA) is 117 Å². The van der Waals surface area contributed by atoms with E-state index in [-0.39, 0.29) is 29.7 Å². The van der Waals surface area contributed by atoms with Gasteiger partial charge in [-0.2, -0.15) is 0 Å². The van der Waals surface area contributed by atoms with Crippen molar-refractivity contribution in [3.8, 4) is 11.3 Å². The van der Waals surface area contributed by atoms with Gasteiger partial charge in [-0.1, -0.05) is 13.0 Å². The number of ketones is 1. The first-order chi connectivity index (χ1) is 19.0. The number of anilines is 3. The van der Waals surface area contributed by atoms with E-state index in [0.717, 1.165) is 30.2 Å². The van der Waals surface area contributed by atoms with Gasteiger partial charge in [0.25, 0.3) is 0 Å². The molecule has 3 amide bonds. The van der Waals surface area contributed by atoms with E-state index in [1.54, 1.807) is 41.8 Å². The van der Waals surface area contributed by atoms with E-state index in [9.17, 15) is 14.4 Å². The summed E-state index contributed by atoms with van der Waals surface area (Å²) < 4.78 is 0. The molecule has 0 bridgehead atoms. The van der Waals surface area contributed by atoms with Gasteiger partial charge in [0.05, 0.1) is 33.0 Å². The van der Waals surface area contributed by atoms with Crippen LogP contribution in [0.2, 0.25) is 0 Å². The molecule has 2 N–H and O–H groups in total. The Morgan fingerprint density at radius 1 is 1.18 bits per heavy atom. The Balaban J connectivity index is 1.28. The van der Waals surface area contributed by atoms with Crippen molar-refractivity contribution in [2.45, 2.75) is 38.1 Å². The summed E-state index contributed by atoms with van der Waals surface area (Å²) in [5, 5.41) is 6.72. The highest BCUT2D eigenvalue weighted by molar-refractivity contribution is 7.21. The molecular formula is C29H26N6O3S. The molecule has 5 heterocycles. The highest BCUT2D eigenvalue weighted by Gasteiger charge is 2.34. The normalized spacial score (nSPS) is 18.2. The van der Waals surface area contributed by atoms with E-state index >= 15 is 0 Å². The van der Waals surface area contributed by atoms with Crippen LogP contribution in [-0.4, -0.2) is 38.7 Å². The predicted molar refractivity (Wildman–Crippen MR) is 151 cm³/mol. The molecule has 4 aromatic heterocycles. The lowest BCUT2D eigenvalue weighted by molar-refractivity contribution is -0.117. The zero-order valence-electron chi connectivity index (χ0n) is 21.1. The summed E-state index contributed by atoms with van der Waals surface area (Å²) in [5.74, 6) is 0.0269. The first-order valence-corrected chi connectivity index (χ1v) is 13.7. The minimum Gasteiger partial charge on any atom is -0.350 e. The minimum absolute atomic E-state index is 0.0313. The van der Waals surface area contributed by atoms with Gasteiger partial charge in [-0.3, -0.25) is 24.5 Å². The van der Waals surface area contributed by atoms with Gasteiger partial charge in [0.1, 0.15) is 4.83 Å². The highest BCUT2D eigenvalue weighted by Crippen LogP contribution is 2.46. The number of urea groups is 1. The molecule has 1 saturated carbocycles. The molecular weight excluding hydrogens is 512 g/mol. The van der Waals surface area contributed by atoms with E-state index in [4.69, 9.17) is 0 Å². The van der Waals surface area contributed by atoms with Crippen molar-refractivity contribution in [2.24, 2.45) is 5.92 Å². The average molecular weight is 539 g/mol. The number of carbonyl (C=O) groups is 3. The summed E-state index contributed by atoms with van der Waals surface area (Å²) >= 11 is 1.30. The molecule has 0 unspecified atom stereocenters. The molecule has 39 heavy (non-hydrogen) atoms. The van der Waals surface area contributed by atoms with Gasteiger partial charge in [-0.05, 0) is 61.6 Å². The Morgan fingerprint density at radius 3 is 2.87 bits per heavy atom. The van der Waals surface area contributed by atoms with Crippen LogP contribution in [0.5, 0.6) is 0 Å². The van der Waals surface area contributed by atoms with E-state index in [2.05, 4.69) is 32.2 Å². The largest absolute Gasteiger partial charge is 0.350 e. The Hall–Kier alpha value is -4.44. The second kappa shape index (κ2) is 10.4. The fourth-order valence-electron chi connectivity index (χ4n) is 5.51. The van der Waals surface area contributed by atoms with Crippen molar-refractivity contribution in [1.82, 2.24) is 20.3 Å². The first kappa shape index (κ1) is 24.9. The van der Waals surface area contributed by atoms with Crippen LogP contribution in [0.4, 0.5) is 21.9 Å². The average Bonchev–Trinajstić information content (AvgIpc) is 3.57. The fraction of sp³-hybridized carbons (Fsp3) is 0.241. The number of thiophene rings is 1. The third kappa shape index (κ3) is 4.67. The fourth-order valence-corrected chi connectivity index (χ4v) is 6.60. The van der Waals surface area contributed by atoms with Crippen molar-refractivity contribution in [2.75, 3.05) is 10.2 Å². The molecule has 1 aliphatic heterocycles. The van der Waals surface area contributed by atoms with E-state index in [1.807, 2.05) is 18.2 Å². The number of amides is 3. The second-order valence-electron chi connectivity index (χ2n) is 9.70. The number of hydrogen-bond acceptors (Lipinski definition) is 7. The molecule has 2 atom stereocenters. The van der Waals surface area contributed by atoms with Crippen molar-refractivity contribution in [3.63, 3.8) is 0 Å². The van der Waals surface area contributed by atoms with Crippen LogP contribution in [0.15, 0.2) is 67.8 Å². The van der Waals surface area contributed by atoms with Gasteiger partial charge in [0, 0.05) is 42.8 Å². The molecule has 1 fully saturated rings. The summed E-state index contributed by atoms with van der Waals surface area (Å²) in [6.07, 6.45) is 11.9. The summed E-state index contributed by atoms with van der Waals surface area (Å²) in [5.41, 5.74) is 3.37. The number of nitrogens with one attached hydrogen (secondary N) is 2. The van der Waals surface area contributed by atoms with Crippen molar-refractivity contribution in [1.29, 1.82) is 0 Å². The quantitative estimate of drug-likeness (QED) is 0.214. The highest BCUT2D eigenvalue weighted by atomic mass is 32.1. The van der Waals surface area contributed by atoms with Crippen LogP contribution in [0, 0.1) is 5.92 Å². The Bertz CT molecular complexity index is 1600. The van der Waals surface area contributed by atoms with Crippen molar-refractivity contribution in [3.05, 3.63) is 72.7 Å².